The summed E-state index contributed by atoms with van der Waals surface area (Å²) in [7, 11) is 0. The van der Waals surface area contributed by atoms with E-state index in [0.29, 0.717) is 6.61 Å². The third kappa shape index (κ3) is 1.91. The quantitative estimate of drug-likeness (QED) is 0.743. The summed E-state index contributed by atoms with van der Waals surface area (Å²) in [5, 5.41) is 14.5. The summed E-state index contributed by atoms with van der Waals surface area (Å²) in [6.07, 6.45) is 0. The zero-order chi connectivity index (χ0) is 9.10. The maximum atomic E-state index is 9.08. The van der Waals surface area contributed by atoms with Gasteiger partial charge >= 0.3 is 0 Å². The lowest BCUT2D eigenvalue weighted by molar-refractivity contribution is 0.0764. The topological polar surface area (TPSA) is 41.5 Å². The summed E-state index contributed by atoms with van der Waals surface area (Å²) in [5.41, 5.74) is 1.19. The van der Waals surface area contributed by atoms with Crippen LogP contribution >= 0.6 is 11.3 Å². The molecule has 1 saturated heterocycles. The number of hydrogen-bond donors (Lipinski definition) is 2. The van der Waals surface area contributed by atoms with E-state index >= 15 is 0 Å². The number of aliphatic hydroxyl groups excluding tert-OH is 1. The molecule has 0 radical (unpaired) electrons. The Hall–Kier alpha value is -0.420. The molecule has 4 heteroatoms. The smallest absolute Gasteiger partial charge is 0.0777 e. The average molecular weight is 199 g/mol. The molecule has 1 fully saturated rings. The van der Waals surface area contributed by atoms with Gasteiger partial charge in [0.25, 0.3) is 0 Å². The average Bonchev–Trinajstić information content (AvgIpc) is 2.67. The number of thiophene rings is 1. The van der Waals surface area contributed by atoms with E-state index in [4.69, 9.17) is 9.84 Å². The van der Waals surface area contributed by atoms with Gasteiger partial charge in [-0.2, -0.15) is 0 Å². The first-order chi connectivity index (χ1) is 6.42. The lowest BCUT2D eigenvalue weighted by atomic mass is 10.1. The zero-order valence-electron chi connectivity index (χ0n) is 7.32. The van der Waals surface area contributed by atoms with E-state index in [0.717, 1.165) is 18.0 Å². The molecule has 13 heavy (non-hydrogen) atoms. The van der Waals surface area contributed by atoms with E-state index in [9.17, 15) is 0 Å². The monoisotopic (exact) mass is 199 g/mol. The number of morpholine rings is 1. The first-order valence-corrected chi connectivity index (χ1v) is 5.28. The van der Waals surface area contributed by atoms with Gasteiger partial charge in [-0.05, 0) is 17.0 Å². The van der Waals surface area contributed by atoms with Crippen molar-refractivity contribution in [3.05, 3.63) is 21.9 Å². The molecular formula is C9H13NO2S. The summed E-state index contributed by atoms with van der Waals surface area (Å²) >= 11 is 1.60. The lowest BCUT2D eigenvalue weighted by Crippen LogP contribution is -2.34. The molecule has 0 aromatic carbocycles. The minimum atomic E-state index is 0.130. The van der Waals surface area contributed by atoms with Crippen molar-refractivity contribution in [2.45, 2.75) is 12.6 Å². The van der Waals surface area contributed by atoms with Gasteiger partial charge in [0, 0.05) is 11.4 Å². The molecule has 1 aliphatic heterocycles. The molecule has 2 N–H and O–H groups in total. The fourth-order valence-corrected chi connectivity index (χ4v) is 2.35. The van der Waals surface area contributed by atoms with E-state index < -0.39 is 0 Å². The Kier molecular flexibility index (Phi) is 2.95. The van der Waals surface area contributed by atoms with Crippen molar-refractivity contribution in [3.63, 3.8) is 0 Å². The number of rotatable bonds is 2. The predicted molar refractivity (Wildman–Crippen MR) is 51.8 cm³/mol. The highest BCUT2D eigenvalue weighted by Crippen LogP contribution is 2.24. The minimum Gasteiger partial charge on any atom is -0.391 e. The highest BCUT2D eigenvalue weighted by atomic mass is 32.1. The highest BCUT2D eigenvalue weighted by molar-refractivity contribution is 7.10. The Morgan fingerprint density at radius 1 is 1.69 bits per heavy atom. The third-order valence-corrected chi connectivity index (χ3v) is 3.14. The third-order valence-electron chi connectivity index (χ3n) is 2.22. The number of nitrogens with one attached hydrogen (secondary N) is 1. The van der Waals surface area contributed by atoms with E-state index in [1.165, 1.54) is 5.56 Å². The first kappa shape index (κ1) is 9.15. The van der Waals surface area contributed by atoms with E-state index in [2.05, 4.69) is 11.4 Å². The Labute approximate surface area is 81.3 Å². The maximum Gasteiger partial charge on any atom is 0.0777 e. The van der Waals surface area contributed by atoms with Gasteiger partial charge in [0.15, 0.2) is 0 Å². The van der Waals surface area contributed by atoms with Crippen LogP contribution < -0.4 is 5.32 Å². The summed E-state index contributed by atoms with van der Waals surface area (Å²) in [6, 6.07) is 2.32. The number of hydrogen-bond acceptors (Lipinski definition) is 4. The van der Waals surface area contributed by atoms with Gasteiger partial charge in [-0.1, -0.05) is 0 Å². The molecular weight excluding hydrogens is 186 g/mol. The van der Waals surface area contributed by atoms with E-state index in [1.54, 1.807) is 11.3 Å². The van der Waals surface area contributed by atoms with Crippen molar-refractivity contribution in [1.29, 1.82) is 0 Å². The van der Waals surface area contributed by atoms with Crippen LogP contribution in [0.1, 0.15) is 16.5 Å². The molecule has 1 aromatic heterocycles. The molecule has 0 bridgehead atoms. The van der Waals surface area contributed by atoms with Crippen LogP contribution in [0.2, 0.25) is 0 Å². The normalized spacial score (nSPS) is 23.3. The summed E-state index contributed by atoms with van der Waals surface area (Å²) in [6.45, 7) is 2.52. The molecule has 1 aliphatic rings. The second-order valence-electron chi connectivity index (χ2n) is 3.04. The zero-order valence-corrected chi connectivity index (χ0v) is 8.14. The van der Waals surface area contributed by atoms with Gasteiger partial charge in [-0.25, -0.2) is 0 Å². The van der Waals surface area contributed by atoms with Crippen LogP contribution in [-0.4, -0.2) is 24.9 Å². The van der Waals surface area contributed by atoms with Crippen LogP contribution in [-0.2, 0) is 11.3 Å². The van der Waals surface area contributed by atoms with E-state index in [1.807, 2.05) is 5.38 Å². The number of ether oxygens (including phenoxy) is 1. The van der Waals surface area contributed by atoms with Crippen molar-refractivity contribution < 1.29 is 9.84 Å². The van der Waals surface area contributed by atoms with Crippen LogP contribution in [0.4, 0.5) is 0 Å². The minimum absolute atomic E-state index is 0.130. The molecule has 72 valence electrons. The predicted octanol–water partition coefficient (Wildman–Crippen LogP) is 0.901. The Bertz CT molecular complexity index is 268. The fourth-order valence-electron chi connectivity index (χ4n) is 1.55. The Morgan fingerprint density at radius 2 is 2.62 bits per heavy atom. The van der Waals surface area contributed by atoms with Gasteiger partial charge in [0.1, 0.15) is 0 Å². The molecule has 0 aliphatic carbocycles. The summed E-state index contributed by atoms with van der Waals surface area (Å²) in [5.74, 6) is 0. The van der Waals surface area contributed by atoms with Crippen LogP contribution in [0.5, 0.6) is 0 Å². The Balaban J connectivity index is 2.13. The molecule has 0 unspecified atom stereocenters. The maximum absolute atomic E-state index is 9.08. The van der Waals surface area contributed by atoms with Gasteiger partial charge in [-0.15, -0.1) is 11.3 Å². The van der Waals surface area contributed by atoms with Gasteiger partial charge in [0.2, 0.25) is 0 Å². The molecule has 0 amide bonds. The van der Waals surface area contributed by atoms with Crippen molar-refractivity contribution in [1.82, 2.24) is 5.32 Å². The van der Waals surface area contributed by atoms with Crippen molar-refractivity contribution >= 4 is 11.3 Å². The fraction of sp³-hybridized carbons (Fsp3) is 0.556. The molecule has 2 rings (SSSR count). The molecule has 3 nitrogen and oxygen atoms in total. The first-order valence-electron chi connectivity index (χ1n) is 4.40. The molecule has 1 aromatic rings. The molecule has 2 heterocycles. The van der Waals surface area contributed by atoms with Crippen LogP contribution in [0, 0.1) is 0 Å². The second kappa shape index (κ2) is 4.19. The largest absolute Gasteiger partial charge is 0.391 e. The SMILES string of the molecule is OCc1sccc1[C@@H]1COCCN1. The van der Waals surface area contributed by atoms with Crippen molar-refractivity contribution in [2.75, 3.05) is 19.8 Å². The van der Waals surface area contributed by atoms with Gasteiger partial charge in [0.05, 0.1) is 25.9 Å². The van der Waals surface area contributed by atoms with Crippen LogP contribution in [0.15, 0.2) is 11.4 Å². The van der Waals surface area contributed by atoms with Gasteiger partial charge < -0.3 is 15.2 Å². The van der Waals surface area contributed by atoms with Crippen LogP contribution in [0.25, 0.3) is 0 Å². The molecule has 0 saturated carbocycles. The molecule has 1 atom stereocenters. The van der Waals surface area contributed by atoms with Gasteiger partial charge in [-0.3, -0.25) is 0 Å². The highest BCUT2D eigenvalue weighted by Gasteiger charge is 2.18. The van der Waals surface area contributed by atoms with Crippen molar-refractivity contribution in [3.8, 4) is 0 Å². The summed E-state index contributed by atoms with van der Waals surface area (Å²) in [4.78, 5) is 1.04. The number of aliphatic hydroxyl groups is 1. The second-order valence-corrected chi connectivity index (χ2v) is 4.04. The summed E-state index contributed by atoms with van der Waals surface area (Å²) < 4.78 is 5.37. The van der Waals surface area contributed by atoms with Crippen molar-refractivity contribution in [2.24, 2.45) is 0 Å². The molecule has 0 spiro atoms. The standard InChI is InChI=1S/C9H13NO2S/c11-5-9-7(1-4-13-9)8-6-12-3-2-10-8/h1,4,8,10-11H,2-3,5-6H2/t8-/m0/s1. The Morgan fingerprint density at radius 3 is 3.31 bits per heavy atom. The van der Waals surface area contributed by atoms with E-state index in [-0.39, 0.29) is 12.6 Å². The lowest BCUT2D eigenvalue weighted by Gasteiger charge is -2.24. The van der Waals surface area contributed by atoms with Crippen LogP contribution in [0.3, 0.4) is 0 Å².